The van der Waals surface area contributed by atoms with Crippen molar-refractivity contribution >= 4 is 23.2 Å². The predicted octanol–water partition coefficient (Wildman–Crippen LogP) is 5.97. The molecular formula is C31H30N4O4. The van der Waals surface area contributed by atoms with E-state index in [-0.39, 0.29) is 23.5 Å². The summed E-state index contributed by atoms with van der Waals surface area (Å²) in [5.41, 5.74) is 5.14. The number of aromatic hydroxyl groups is 1. The van der Waals surface area contributed by atoms with Crippen molar-refractivity contribution < 1.29 is 19.4 Å². The zero-order valence-electron chi connectivity index (χ0n) is 22.0. The Kier molecular flexibility index (Phi) is 8.68. The molecule has 3 N–H and O–H groups in total. The Morgan fingerprint density at radius 3 is 2.54 bits per heavy atom. The Labute approximate surface area is 227 Å². The largest absolute Gasteiger partial charge is 0.504 e. The summed E-state index contributed by atoms with van der Waals surface area (Å²) >= 11 is 0. The Balaban J connectivity index is 1.42. The number of allylic oxidation sites excluding steroid dienone is 1. The van der Waals surface area contributed by atoms with Crippen LogP contribution in [0.5, 0.6) is 11.5 Å². The predicted molar refractivity (Wildman–Crippen MR) is 152 cm³/mol. The van der Waals surface area contributed by atoms with Crippen molar-refractivity contribution in [3.05, 3.63) is 108 Å². The SMILES string of the molecule is C/C=C/C(=O)Nc1ccc(C(=O)Nc2cccc([C@H](C)Cc3cncc(-c4ccc(O)c(OC)c4)n3)c2)cc1. The number of ether oxygens (including phenoxy) is 1. The van der Waals surface area contributed by atoms with Gasteiger partial charge in [0.05, 0.1) is 24.7 Å². The molecule has 3 aromatic carbocycles. The minimum absolute atomic E-state index is 0.0662. The lowest BCUT2D eigenvalue weighted by atomic mass is 9.95. The molecule has 0 saturated carbocycles. The van der Waals surface area contributed by atoms with Crippen LogP contribution < -0.4 is 15.4 Å². The Hall–Kier alpha value is -4.98. The first-order valence-corrected chi connectivity index (χ1v) is 12.5. The van der Waals surface area contributed by atoms with Crippen LogP contribution in [0.25, 0.3) is 11.3 Å². The number of nitrogens with zero attached hydrogens (tertiary/aromatic N) is 2. The number of nitrogens with one attached hydrogen (secondary N) is 2. The molecule has 8 heteroatoms. The molecule has 0 saturated heterocycles. The van der Waals surface area contributed by atoms with Gasteiger partial charge in [0.15, 0.2) is 11.5 Å². The highest BCUT2D eigenvalue weighted by Gasteiger charge is 2.13. The Morgan fingerprint density at radius 2 is 1.79 bits per heavy atom. The average molecular weight is 523 g/mol. The number of phenols is 1. The van der Waals surface area contributed by atoms with E-state index in [1.165, 1.54) is 13.2 Å². The van der Waals surface area contributed by atoms with Crippen LogP contribution in [0.1, 0.15) is 41.4 Å². The molecule has 4 aromatic rings. The first-order chi connectivity index (χ1) is 18.9. The van der Waals surface area contributed by atoms with Gasteiger partial charge in [0.1, 0.15) is 0 Å². The monoisotopic (exact) mass is 522 g/mol. The third-order valence-electron chi connectivity index (χ3n) is 6.12. The van der Waals surface area contributed by atoms with Crippen molar-refractivity contribution in [3.8, 4) is 22.8 Å². The number of hydrogen-bond acceptors (Lipinski definition) is 6. The molecule has 1 atom stereocenters. The van der Waals surface area contributed by atoms with Crippen LogP contribution in [0.2, 0.25) is 0 Å². The first kappa shape index (κ1) is 27.1. The van der Waals surface area contributed by atoms with E-state index in [0.717, 1.165) is 16.8 Å². The highest BCUT2D eigenvalue weighted by molar-refractivity contribution is 6.05. The summed E-state index contributed by atoms with van der Waals surface area (Å²) in [7, 11) is 1.50. The third kappa shape index (κ3) is 7.07. The van der Waals surface area contributed by atoms with Gasteiger partial charge in [0.25, 0.3) is 5.91 Å². The summed E-state index contributed by atoms with van der Waals surface area (Å²) in [6.45, 7) is 3.87. The standard InChI is InChI=1S/C31H30N4O4/c1-4-6-30(37)34-24-12-9-21(10-13-24)31(38)35-25-8-5-7-22(16-25)20(2)15-26-18-32-19-27(33-26)23-11-14-28(36)29(17-23)39-3/h4-14,16-20,36H,15H2,1-3H3,(H,34,37)(H,35,38)/b6-4+/t20-/m1/s1. The molecule has 0 aliphatic heterocycles. The quantitative estimate of drug-likeness (QED) is 0.233. The van der Waals surface area contributed by atoms with E-state index in [1.807, 2.05) is 24.3 Å². The minimum Gasteiger partial charge on any atom is -0.504 e. The first-order valence-electron chi connectivity index (χ1n) is 12.5. The highest BCUT2D eigenvalue weighted by atomic mass is 16.5. The van der Waals surface area contributed by atoms with Gasteiger partial charge in [0, 0.05) is 28.7 Å². The smallest absolute Gasteiger partial charge is 0.255 e. The van der Waals surface area contributed by atoms with E-state index < -0.39 is 0 Å². The van der Waals surface area contributed by atoms with Crippen molar-refractivity contribution in [2.45, 2.75) is 26.2 Å². The molecular weight excluding hydrogens is 492 g/mol. The van der Waals surface area contributed by atoms with Crippen molar-refractivity contribution in [1.82, 2.24) is 9.97 Å². The van der Waals surface area contributed by atoms with Crippen LogP contribution in [0.15, 0.2) is 91.3 Å². The average Bonchev–Trinajstić information content (AvgIpc) is 2.94. The minimum atomic E-state index is -0.242. The lowest BCUT2D eigenvalue weighted by Crippen LogP contribution is -2.13. The van der Waals surface area contributed by atoms with Gasteiger partial charge in [0.2, 0.25) is 5.91 Å². The molecule has 8 nitrogen and oxygen atoms in total. The number of methoxy groups -OCH3 is 1. The molecule has 39 heavy (non-hydrogen) atoms. The second-order valence-electron chi connectivity index (χ2n) is 9.03. The van der Waals surface area contributed by atoms with Crippen molar-refractivity contribution in [1.29, 1.82) is 0 Å². The van der Waals surface area contributed by atoms with Crippen molar-refractivity contribution in [2.75, 3.05) is 17.7 Å². The summed E-state index contributed by atoms with van der Waals surface area (Å²) in [5, 5.41) is 15.6. The number of carbonyl (C=O) groups is 2. The molecule has 1 heterocycles. The van der Waals surface area contributed by atoms with Crippen LogP contribution in [-0.2, 0) is 11.2 Å². The maximum Gasteiger partial charge on any atom is 0.255 e. The summed E-state index contributed by atoms with van der Waals surface area (Å²) in [6.07, 6.45) is 7.16. The summed E-state index contributed by atoms with van der Waals surface area (Å²) in [6, 6.07) is 19.5. The van der Waals surface area contributed by atoms with Gasteiger partial charge in [-0.15, -0.1) is 0 Å². The summed E-state index contributed by atoms with van der Waals surface area (Å²) in [5.74, 6) is 0.0874. The molecule has 0 bridgehead atoms. The van der Waals surface area contributed by atoms with E-state index in [2.05, 4.69) is 22.5 Å². The van der Waals surface area contributed by atoms with Crippen molar-refractivity contribution in [2.24, 2.45) is 0 Å². The second-order valence-corrected chi connectivity index (χ2v) is 9.03. The van der Waals surface area contributed by atoms with Gasteiger partial charge in [-0.2, -0.15) is 0 Å². The van der Waals surface area contributed by atoms with Gasteiger partial charge in [-0.05, 0) is 85.5 Å². The third-order valence-corrected chi connectivity index (χ3v) is 6.12. The van der Waals surface area contributed by atoms with Crippen LogP contribution in [0.3, 0.4) is 0 Å². The highest BCUT2D eigenvalue weighted by Crippen LogP contribution is 2.31. The van der Waals surface area contributed by atoms with Gasteiger partial charge >= 0.3 is 0 Å². The fourth-order valence-electron chi connectivity index (χ4n) is 4.08. The van der Waals surface area contributed by atoms with Crippen LogP contribution in [-0.4, -0.2) is 34.0 Å². The summed E-state index contributed by atoms with van der Waals surface area (Å²) in [4.78, 5) is 33.6. The van der Waals surface area contributed by atoms with E-state index in [9.17, 15) is 14.7 Å². The van der Waals surface area contributed by atoms with Crippen molar-refractivity contribution in [3.63, 3.8) is 0 Å². The van der Waals surface area contributed by atoms with Gasteiger partial charge in [-0.25, -0.2) is 4.98 Å². The lowest BCUT2D eigenvalue weighted by Gasteiger charge is -2.14. The molecule has 2 amide bonds. The molecule has 0 spiro atoms. The molecule has 4 rings (SSSR count). The number of carbonyl (C=O) groups excluding carboxylic acids is 2. The number of phenolic OH excluding ortho intramolecular Hbond substituents is 1. The van der Waals surface area contributed by atoms with E-state index in [0.29, 0.717) is 34.8 Å². The zero-order chi connectivity index (χ0) is 27.8. The van der Waals surface area contributed by atoms with Crippen LogP contribution in [0.4, 0.5) is 11.4 Å². The molecule has 0 fully saturated rings. The van der Waals surface area contributed by atoms with E-state index >= 15 is 0 Å². The maximum atomic E-state index is 12.8. The number of hydrogen-bond donors (Lipinski definition) is 3. The van der Waals surface area contributed by atoms with Gasteiger partial charge in [-0.3, -0.25) is 14.6 Å². The normalized spacial score (nSPS) is 11.7. The summed E-state index contributed by atoms with van der Waals surface area (Å²) < 4.78 is 5.21. The molecule has 0 unspecified atom stereocenters. The maximum absolute atomic E-state index is 12.8. The van der Waals surface area contributed by atoms with Gasteiger partial charge < -0.3 is 20.5 Å². The Morgan fingerprint density at radius 1 is 1.00 bits per heavy atom. The molecule has 0 radical (unpaired) electrons. The number of aromatic nitrogens is 2. The molecule has 1 aromatic heterocycles. The number of anilines is 2. The fourth-order valence-corrected chi connectivity index (χ4v) is 4.08. The topological polar surface area (TPSA) is 113 Å². The van der Waals surface area contributed by atoms with Crippen LogP contribution in [0, 0.1) is 0 Å². The van der Waals surface area contributed by atoms with E-state index in [4.69, 9.17) is 9.72 Å². The lowest BCUT2D eigenvalue weighted by molar-refractivity contribution is -0.111. The zero-order valence-corrected chi connectivity index (χ0v) is 22.0. The number of amides is 2. The number of rotatable bonds is 9. The molecule has 0 aliphatic carbocycles. The Bertz CT molecular complexity index is 1500. The molecule has 0 aliphatic rings. The van der Waals surface area contributed by atoms with Gasteiger partial charge in [-0.1, -0.05) is 25.1 Å². The van der Waals surface area contributed by atoms with Crippen LogP contribution >= 0.6 is 0 Å². The number of benzene rings is 3. The second kappa shape index (κ2) is 12.5. The molecule has 198 valence electrons. The van der Waals surface area contributed by atoms with E-state index in [1.54, 1.807) is 67.9 Å². The fraction of sp³-hybridized carbons (Fsp3) is 0.161.